The van der Waals surface area contributed by atoms with Crippen LogP contribution in [0.1, 0.15) is 71.3 Å². The van der Waals surface area contributed by atoms with E-state index in [4.69, 9.17) is 9.97 Å². The Labute approximate surface area is 220 Å². The number of benzene rings is 2. The molecule has 2 aliphatic rings. The van der Waals surface area contributed by atoms with Crippen LogP contribution in [0, 0.1) is 0 Å². The van der Waals surface area contributed by atoms with Gasteiger partial charge in [0.2, 0.25) is 5.95 Å². The van der Waals surface area contributed by atoms with Gasteiger partial charge in [0.1, 0.15) is 5.82 Å². The van der Waals surface area contributed by atoms with E-state index in [-0.39, 0.29) is 11.9 Å². The third-order valence-electron chi connectivity index (χ3n) is 7.77. The SMILES string of the molecule is CN(C)c1nc(N[C@H]2CC[C@@H](NC(=O)c3ccccc3CCc3ccccc3)CC2)nc2c1CCCC2. The standard InChI is InChI=1S/C31H39N5O/c1-36(2)29-27-14-8-9-15-28(27)34-31(35-29)33-25-20-18-24(19-21-25)32-30(37)26-13-7-6-12-23(26)17-16-22-10-4-3-5-11-22/h3-7,10-13,24-25H,8-9,14-21H2,1-2H3,(H,32,37)(H,33,34,35)/t24-,25+. The quantitative estimate of drug-likeness (QED) is 0.438. The highest BCUT2D eigenvalue weighted by molar-refractivity contribution is 5.95. The number of hydrogen-bond donors (Lipinski definition) is 2. The number of rotatable bonds is 8. The third kappa shape index (κ3) is 6.30. The van der Waals surface area contributed by atoms with Crippen molar-refractivity contribution in [3.8, 4) is 0 Å². The molecule has 1 fully saturated rings. The van der Waals surface area contributed by atoms with Crippen molar-refractivity contribution in [1.82, 2.24) is 15.3 Å². The fourth-order valence-electron chi connectivity index (χ4n) is 5.72. The van der Waals surface area contributed by atoms with Crippen LogP contribution in [0.3, 0.4) is 0 Å². The van der Waals surface area contributed by atoms with Crippen molar-refractivity contribution < 1.29 is 4.79 Å². The minimum atomic E-state index is 0.0497. The van der Waals surface area contributed by atoms with Gasteiger partial charge < -0.3 is 15.5 Å². The Balaban J connectivity index is 1.16. The highest BCUT2D eigenvalue weighted by Gasteiger charge is 2.25. The van der Waals surface area contributed by atoms with Crippen molar-refractivity contribution in [2.24, 2.45) is 0 Å². The molecule has 0 aliphatic heterocycles. The topological polar surface area (TPSA) is 70.2 Å². The molecular formula is C31H39N5O. The number of carbonyl (C=O) groups is 1. The predicted molar refractivity (Wildman–Crippen MR) is 150 cm³/mol. The van der Waals surface area contributed by atoms with Crippen LogP contribution >= 0.6 is 0 Å². The molecule has 1 saturated carbocycles. The van der Waals surface area contributed by atoms with Crippen molar-refractivity contribution in [1.29, 1.82) is 0 Å². The van der Waals surface area contributed by atoms with Crippen LogP contribution < -0.4 is 15.5 Å². The van der Waals surface area contributed by atoms with E-state index in [1.807, 2.05) is 24.3 Å². The van der Waals surface area contributed by atoms with Gasteiger partial charge in [-0.2, -0.15) is 4.98 Å². The molecule has 0 radical (unpaired) electrons. The smallest absolute Gasteiger partial charge is 0.251 e. The highest BCUT2D eigenvalue weighted by Crippen LogP contribution is 2.29. The fraction of sp³-hybridized carbons (Fsp3) is 0.452. The summed E-state index contributed by atoms with van der Waals surface area (Å²) in [6, 6.07) is 19.0. The fourth-order valence-corrected chi connectivity index (χ4v) is 5.72. The summed E-state index contributed by atoms with van der Waals surface area (Å²) in [5.74, 6) is 1.86. The lowest BCUT2D eigenvalue weighted by Gasteiger charge is -2.30. The first-order chi connectivity index (χ1) is 18.1. The molecule has 0 bridgehead atoms. The lowest BCUT2D eigenvalue weighted by atomic mass is 9.90. The predicted octanol–water partition coefficient (Wildman–Crippen LogP) is 5.36. The molecular weight excluding hydrogens is 458 g/mol. The maximum absolute atomic E-state index is 13.2. The number of hydrogen-bond acceptors (Lipinski definition) is 5. The van der Waals surface area contributed by atoms with Crippen molar-refractivity contribution >= 4 is 17.7 Å². The van der Waals surface area contributed by atoms with Crippen LogP contribution in [-0.2, 0) is 25.7 Å². The second kappa shape index (κ2) is 11.8. The van der Waals surface area contributed by atoms with Gasteiger partial charge in [0.25, 0.3) is 5.91 Å². The monoisotopic (exact) mass is 497 g/mol. The van der Waals surface area contributed by atoms with Crippen molar-refractivity contribution in [2.75, 3.05) is 24.3 Å². The zero-order chi connectivity index (χ0) is 25.6. The zero-order valence-corrected chi connectivity index (χ0v) is 22.2. The van der Waals surface area contributed by atoms with Crippen molar-refractivity contribution in [2.45, 2.75) is 76.3 Å². The van der Waals surface area contributed by atoms with E-state index < -0.39 is 0 Å². The number of aryl methyl sites for hydroxylation is 3. The van der Waals surface area contributed by atoms with Gasteiger partial charge >= 0.3 is 0 Å². The van der Waals surface area contributed by atoms with Crippen LogP contribution in [0.15, 0.2) is 54.6 Å². The third-order valence-corrected chi connectivity index (χ3v) is 7.77. The molecule has 1 aromatic heterocycles. The molecule has 1 heterocycles. The summed E-state index contributed by atoms with van der Waals surface area (Å²) < 4.78 is 0. The molecule has 0 unspecified atom stereocenters. The summed E-state index contributed by atoms with van der Waals surface area (Å²) in [5, 5.41) is 6.93. The number of aromatic nitrogens is 2. The Morgan fingerprint density at radius 2 is 1.57 bits per heavy atom. The molecule has 2 aromatic carbocycles. The molecule has 37 heavy (non-hydrogen) atoms. The van der Waals surface area contributed by atoms with E-state index in [1.165, 1.54) is 29.7 Å². The highest BCUT2D eigenvalue weighted by atomic mass is 16.1. The molecule has 0 atom stereocenters. The summed E-state index contributed by atoms with van der Waals surface area (Å²) in [4.78, 5) is 25.1. The van der Waals surface area contributed by atoms with Crippen molar-refractivity contribution in [3.63, 3.8) is 0 Å². The number of carbonyl (C=O) groups excluding carboxylic acids is 1. The molecule has 2 aliphatic carbocycles. The lowest BCUT2D eigenvalue weighted by Crippen LogP contribution is -2.40. The zero-order valence-electron chi connectivity index (χ0n) is 22.2. The number of nitrogens with one attached hydrogen (secondary N) is 2. The molecule has 0 spiro atoms. The molecule has 2 N–H and O–H groups in total. The minimum absolute atomic E-state index is 0.0497. The largest absolute Gasteiger partial charge is 0.362 e. The van der Waals surface area contributed by atoms with Gasteiger partial charge in [0.05, 0.1) is 5.69 Å². The van der Waals surface area contributed by atoms with Gasteiger partial charge in [-0.1, -0.05) is 48.5 Å². The van der Waals surface area contributed by atoms with E-state index in [9.17, 15) is 4.79 Å². The average molecular weight is 498 g/mol. The second-order valence-electron chi connectivity index (χ2n) is 10.7. The lowest BCUT2D eigenvalue weighted by molar-refractivity contribution is 0.0925. The van der Waals surface area contributed by atoms with E-state index in [0.29, 0.717) is 6.04 Å². The Morgan fingerprint density at radius 3 is 2.35 bits per heavy atom. The average Bonchev–Trinajstić information content (AvgIpc) is 2.93. The molecule has 1 amide bonds. The molecule has 6 nitrogen and oxygen atoms in total. The molecule has 6 heteroatoms. The summed E-state index contributed by atoms with van der Waals surface area (Å²) in [7, 11) is 4.13. The number of nitrogens with zero attached hydrogens (tertiary/aromatic N) is 3. The maximum atomic E-state index is 13.2. The molecule has 3 aromatic rings. The Kier molecular flexibility index (Phi) is 8.02. The van der Waals surface area contributed by atoms with E-state index in [1.54, 1.807) is 0 Å². The molecule has 5 rings (SSSR count). The van der Waals surface area contributed by atoms with Crippen LogP contribution in [0.4, 0.5) is 11.8 Å². The van der Waals surface area contributed by atoms with E-state index in [2.05, 4.69) is 60.0 Å². The van der Waals surface area contributed by atoms with Gasteiger partial charge in [0, 0.05) is 37.3 Å². The summed E-state index contributed by atoms with van der Waals surface area (Å²) >= 11 is 0. The van der Waals surface area contributed by atoms with Crippen LogP contribution in [0.5, 0.6) is 0 Å². The maximum Gasteiger partial charge on any atom is 0.251 e. The molecule has 0 saturated heterocycles. The number of anilines is 2. The first-order valence-electron chi connectivity index (χ1n) is 13.8. The van der Waals surface area contributed by atoms with Gasteiger partial charge in [0.15, 0.2) is 0 Å². The van der Waals surface area contributed by atoms with Gasteiger partial charge in [-0.3, -0.25) is 4.79 Å². The first kappa shape index (κ1) is 25.2. The first-order valence-corrected chi connectivity index (χ1v) is 13.8. The summed E-state index contributed by atoms with van der Waals surface area (Å²) in [6.07, 6.45) is 10.2. The van der Waals surface area contributed by atoms with Gasteiger partial charge in [-0.25, -0.2) is 4.98 Å². The Hall–Kier alpha value is -3.41. The van der Waals surface area contributed by atoms with Crippen molar-refractivity contribution in [3.05, 3.63) is 82.5 Å². The number of amides is 1. The van der Waals surface area contributed by atoms with Crippen LogP contribution in [-0.4, -0.2) is 42.1 Å². The van der Waals surface area contributed by atoms with Gasteiger partial charge in [-0.15, -0.1) is 0 Å². The Bertz CT molecular complexity index is 1200. The summed E-state index contributed by atoms with van der Waals surface area (Å²) in [5.41, 5.74) is 5.73. The molecule has 194 valence electrons. The summed E-state index contributed by atoms with van der Waals surface area (Å²) in [6.45, 7) is 0. The Morgan fingerprint density at radius 1 is 0.865 bits per heavy atom. The van der Waals surface area contributed by atoms with Gasteiger partial charge in [-0.05, 0) is 81.4 Å². The normalized spacial score (nSPS) is 19.1. The second-order valence-corrected chi connectivity index (χ2v) is 10.7. The number of fused-ring (bicyclic) bond motifs is 1. The van der Waals surface area contributed by atoms with Crippen LogP contribution in [0.2, 0.25) is 0 Å². The minimum Gasteiger partial charge on any atom is -0.362 e. The van der Waals surface area contributed by atoms with E-state index >= 15 is 0 Å². The van der Waals surface area contributed by atoms with E-state index in [0.717, 1.165) is 74.3 Å². The van der Waals surface area contributed by atoms with Crippen LogP contribution in [0.25, 0.3) is 0 Å².